The Kier molecular flexibility index (Phi) is 2.47. The van der Waals surface area contributed by atoms with E-state index in [1.165, 1.54) is 12.1 Å². The van der Waals surface area contributed by atoms with Gasteiger partial charge >= 0.3 is 0 Å². The van der Waals surface area contributed by atoms with Gasteiger partial charge in [-0.1, -0.05) is 24.3 Å². The minimum absolute atomic E-state index is 0.311. The molecule has 2 aromatic carbocycles. The molecule has 0 heterocycles. The predicted octanol–water partition coefficient (Wildman–Crippen LogP) is 3.16. The van der Waals surface area contributed by atoms with Crippen LogP contribution in [0.4, 0.5) is 4.39 Å². The Morgan fingerprint density at radius 2 is 2.07 bits per heavy atom. The number of rotatable bonds is 1. The predicted molar refractivity (Wildman–Crippen MR) is 55.4 cm³/mol. The Hall–Kier alpha value is -2.14. The van der Waals surface area contributed by atoms with Gasteiger partial charge in [0.1, 0.15) is 5.82 Å². The Bertz CT molecular complexity index is 526. The van der Waals surface area contributed by atoms with Crippen LogP contribution in [0.2, 0.25) is 0 Å². The lowest BCUT2D eigenvalue weighted by Gasteiger charge is -2.02. The molecule has 2 heteroatoms. The van der Waals surface area contributed by atoms with Gasteiger partial charge in [0.2, 0.25) is 0 Å². The quantitative estimate of drug-likeness (QED) is 0.687. The number of hydrogen-bond acceptors (Lipinski definition) is 1. The first kappa shape index (κ1) is 9.42. The third kappa shape index (κ3) is 1.87. The molecular formula is C13H7FN. The van der Waals surface area contributed by atoms with Gasteiger partial charge in [-0.05, 0) is 29.8 Å². The minimum atomic E-state index is -0.311. The van der Waals surface area contributed by atoms with Gasteiger partial charge in [0.15, 0.2) is 0 Å². The fourth-order valence-electron chi connectivity index (χ4n) is 1.41. The maximum absolute atomic E-state index is 13.0. The van der Waals surface area contributed by atoms with E-state index in [0.29, 0.717) is 16.7 Å². The SMILES string of the molecule is N#Cc1ccc[c]c1-c1cccc(F)c1. The van der Waals surface area contributed by atoms with Crippen LogP contribution in [0.15, 0.2) is 42.5 Å². The monoisotopic (exact) mass is 196 g/mol. The van der Waals surface area contributed by atoms with Gasteiger partial charge < -0.3 is 0 Å². The zero-order valence-corrected chi connectivity index (χ0v) is 7.87. The molecule has 0 aromatic heterocycles. The lowest BCUT2D eigenvalue weighted by molar-refractivity contribution is 0.628. The average Bonchev–Trinajstić information content (AvgIpc) is 2.29. The van der Waals surface area contributed by atoms with E-state index >= 15 is 0 Å². The first-order valence-electron chi connectivity index (χ1n) is 4.48. The number of nitriles is 1. The summed E-state index contributed by atoms with van der Waals surface area (Å²) in [5, 5.41) is 8.89. The first-order valence-corrected chi connectivity index (χ1v) is 4.48. The molecule has 0 saturated carbocycles. The minimum Gasteiger partial charge on any atom is -0.207 e. The maximum Gasteiger partial charge on any atom is 0.123 e. The molecule has 15 heavy (non-hydrogen) atoms. The summed E-state index contributed by atoms with van der Waals surface area (Å²) in [6.07, 6.45) is 0. The highest BCUT2D eigenvalue weighted by atomic mass is 19.1. The molecule has 1 nitrogen and oxygen atoms in total. The van der Waals surface area contributed by atoms with Gasteiger partial charge in [-0.3, -0.25) is 0 Å². The topological polar surface area (TPSA) is 23.8 Å². The second kappa shape index (κ2) is 3.93. The van der Waals surface area contributed by atoms with Gasteiger partial charge in [-0.15, -0.1) is 0 Å². The standard InChI is InChI=1S/C13H7FN/c14-12-6-3-5-10(8-12)13-7-2-1-4-11(13)9-15/h1-6,8H. The summed E-state index contributed by atoms with van der Waals surface area (Å²) in [7, 11) is 0. The molecule has 0 bridgehead atoms. The molecule has 0 amide bonds. The van der Waals surface area contributed by atoms with Crippen LogP contribution >= 0.6 is 0 Å². The molecule has 0 aliphatic rings. The fourth-order valence-corrected chi connectivity index (χ4v) is 1.41. The molecule has 0 saturated heterocycles. The summed E-state index contributed by atoms with van der Waals surface area (Å²) in [6, 6.07) is 16.3. The van der Waals surface area contributed by atoms with Crippen molar-refractivity contribution in [2.75, 3.05) is 0 Å². The van der Waals surface area contributed by atoms with Gasteiger partial charge in [0.05, 0.1) is 11.6 Å². The molecule has 0 aliphatic heterocycles. The molecule has 1 radical (unpaired) electrons. The summed E-state index contributed by atoms with van der Waals surface area (Å²) < 4.78 is 13.0. The van der Waals surface area contributed by atoms with Crippen LogP contribution in [0.3, 0.4) is 0 Å². The normalized spacial score (nSPS) is 9.60. The average molecular weight is 196 g/mol. The van der Waals surface area contributed by atoms with Crippen molar-refractivity contribution in [2.45, 2.75) is 0 Å². The van der Waals surface area contributed by atoms with E-state index in [4.69, 9.17) is 5.26 Å². The smallest absolute Gasteiger partial charge is 0.123 e. The van der Waals surface area contributed by atoms with Crippen molar-refractivity contribution in [3.63, 3.8) is 0 Å². The summed E-state index contributed by atoms with van der Waals surface area (Å²) in [4.78, 5) is 0. The summed E-state index contributed by atoms with van der Waals surface area (Å²) in [5.41, 5.74) is 1.81. The summed E-state index contributed by atoms with van der Waals surface area (Å²) in [5.74, 6) is -0.311. The van der Waals surface area contributed by atoms with E-state index in [0.717, 1.165) is 0 Å². The molecule has 2 aromatic rings. The van der Waals surface area contributed by atoms with Crippen LogP contribution in [0, 0.1) is 23.2 Å². The number of benzene rings is 2. The van der Waals surface area contributed by atoms with Crippen molar-refractivity contribution < 1.29 is 4.39 Å². The molecule has 0 unspecified atom stereocenters. The molecule has 0 N–H and O–H groups in total. The highest BCUT2D eigenvalue weighted by molar-refractivity contribution is 5.69. The van der Waals surface area contributed by atoms with Crippen molar-refractivity contribution in [1.82, 2.24) is 0 Å². The van der Waals surface area contributed by atoms with E-state index in [2.05, 4.69) is 12.1 Å². The van der Waals surface area contributed by atoms with Gasteiger partial charge in [-0.25, -0.2) is 4.39 Å². The summed E-state index contributed by atoms with van der Waals surface area (Å²) >= 11 is 0. The first-order chi connectivity index (χ1) is 7.31. The van der Waals surface area contributed by atoms with Crippen LogP contribution in [-0.2, 0) is 0 Å². The molecule has 0 fully saturated rings. The van der Waals surface area contributed by atoms with Crippen molar-refractivity contribution in [1.29, 1.82) is 5.26 Å². The fraction of sp³-hybridized carbons (Fsp3) is 0. The molecule has 71 valence electrons. The van der Waals surface area contributed by atoms with Crippen LogP contribution in [0.1, 0.15) is 5.56 Å². The van der Waals surface area contributed by atoms with E-state index < -0.39 is 0 Å². The van der Waals surface area contributed by atoms with Crippen molar-refractivity contribution in [3.05, 3.63) is 59.9 Å². The highest BCUT2D eigenvalue weighted by Crippen LogP contribution is 2.22. The van der Waals surface area contributed by atoms with E-state index in [-0.39, 0.29) is 5.82 Å². The van der Waals surface area contributed by atoms with Crippen molar-refractivity contribution in [2.24, 2.45) is 0 Å². The van der Waals surface area contributed by atoms with E-state index in [1.54, 1.807) is 30.3 Å². The number of hydrogen-bond donors (Lipinski definition) is 0. The number of nitrogens with zero attached hydrogens (tertiary/aromatic N) is 1. The molecule has 0 aliphatic carbocycles. The second-order valence-corrected chi connectivity index (χ2v) is 3.08. The largest absolute Gasteiger partial charge is 0.207 e. The van der Waals surface area contributed by atoms with Crippen LogP contribution in [0.25, 0.3) is 11.1 Å². The number of halogens is 1. The van der Waals surface area contributed by atoms with Crippen LogP contribution in [0.5, 0.6) is 0 Å². The molecule has 2 rings (SSSR count). The van der Waals surface area contributed by atoms with Crippen LogP contribution < -0.4 is 0 Å². The van der Waals surface area contributed by atoms with Crippen molar-refractivity contribution >= 4 is 0 Å². The van der Waals surface area contributed by atoms with Gasteiger partial charge in [-0.2, -0.15) is 5.26 Å². The zero-order valence-electron chi connectivity index (χ0n) is 7.87. The lowest BCUT2D eigenvalue weighted by atomic mass is 10.0. The maximum atomic E-state index is 13.0. The van der Waals surface area contributed by atoms with Crippen LogP contribution in [-0.4, -0.2) is 0 Å². The highest BCUT2D eigenvalue weighted by Gasteiger charge is 2.04. The van der Waals surface area contributed by atoms with E-state index in [9.17, 15) is 4.39 Å². The Morgan fingerprint density at radius 1 is 1.20 bits per heavy atom. The Morgan fingerprint density at radius 3 is 2.80 bits per heavy atom. The molecular weight excluding hydrogens is 189 g/mol. The third-order valence-electron chi connectivity index (χ3n) is 2.09. The van der Waals surface area contributed by atoms with Gasteiger partial charge in [0.25, 0.3) is 0 Å². The zero-order chi connectivity index (χ0) is 10.7. The van der Waals surface area contributed by atoms with Gasteiger partial charge in [0, 0.05) is 5.56 Å². The lowest BCUT2D eigenvalue weighted by Crippen LogP contribution is -1.84. The van der Waals surface area contributed by atoms with Crippen molar-refractivity contribution in [3.8, 4) is 17.2 Å². The van der Waals surface area contributed by atoms with E-state index in [1.807, 2.05) is 0 Å². The Balaban J connectivity index is 2.60. The third-order valence-corrected chi connectivity index (χ3v) is 2.09. The molecule has 0 atom stereocenters. The second-order valence-electron chi connectivity index (χ2n) is 3.08. The Labute approximate surface area is 87.4 Å². The molecule has 0 spiro atoms. The summed E-state index contributed by atoms with van der Waals surface area (Å²) in [6.45, 7) is 0.